The normalized spacial score (nSPS) is 11.1. The maximum Gasteiger partial charge on any atom is 0.373 e. The minimum atomic E-state index is -0.546. The molecule has 8 nitrogen and oxygen atoms in total. The number of carbonyl (C=O) groups excluding carboxylic acids is 1. The SMILES string of the molecule is COC(=O)c1ccc(CSc2c(C)cnc3c2c(=O)n(C)c(=O)n3C)o1. The number of methoxy groups -OCH3 is 1. The Morgan fingerprint density at radius 3 is 2.69 bits per heavy atom. The zero-order valence-corrected chi connectivity index (χ0v) is 15.5. The van der Waals surface area contributed by atoms with E-state index in [0.29, 0.717) is 22.5 Å². The van der Waals surface area contributed by atoms with Crippen LogP contribution in [0.4, 0.5) is 0 Å². The summed E-state index contributed by atoms with van der Waals surface area (Å²) in [6.07, 6.45) is 1.63. The maximum atomic E-state index is 12.6. The molecule has 136 valence electrons. The molecule has 0 saturated heterocycles. The molecule has 0 aliphatic rings. The van der Waals surface area contributed by atoms with Gasteiger partial charge in [-0.15, -0.1) is 11.8 Å². The summed E-state index contributed by atoms with van der Waals surface area (Å²) in [5.41, 5.74) is 0.332. The molecule has 3 aromatic heterocycles. The Morgan fingerprint density at radius 2 is 2.00 bits per heavy atom. The molecule has 0 bridgehead atoms. The fourth-order valence-electron chi connectivity index (χ4n) is 2.59. The van der Waals surface area contributed by atoms with E-state index in [9.17, 15) is 14.4 Å². The van der Waals surface area contributed by atoms with Gasteiger partial charge in [0, 0.05) is 25.2 Å². The largest absolute Gasteiger partial charge is 0.463 e. The molecule has 0 saturated carbocycles. The Bertz CT molecular complexity index is 1130. The van der Waals surface area contributed by atoms with Crippen LogP contribution in [-0.4, -0.2) is 27.2 Å². The van der Waals surface area contributed by atoms with E-state index in [1.165, 1.54) is 30.5 Å². The molecule has 0 aromatic carbocycles. The lowest BCUT2D eigenvalue weighted by Crippen LogP contribution is -2.37. The summed E-state index contributed by atoms with van der Waals surface area (Å²) in [7, 11) is 4.30. The van der Waals surface area contributed by atoms with Crippen LogP contribution in [0.5, 0.6) is 0 Å². The molecule has 9 heteroatoms. The third-order valence-electron chi connectivity index (χ3n) is 4.01. The minimum Gasteiger partial charge on any atom is -0.463 e. The Hall–Kier alpha value is -2.81. The Labute approximate surface area is 152 Å². The number of esters is 1. The van der Waals surface area contributed by atoms with Crippen LogP contribution in [-0.2, 0) is 24.6 Å². The summed E-state index contributed by atoms with van der Waals surface area (Å²) < 4.78 is 12.5. The fourth-order valence-corrected chi connectivity index (χ4v) is 3.64. The molecule has 0 N–H and O–H groups in total. The highest BCUT2D eigenvalue weighted by Gasteiger charge is 2.17. The van der Waals surface area contributed by atoms with Crippen LogP contribution in [0.25, 0.3) is 11.0 Å². The first-order valence-corrected chi connectivity index (χ1v) is 8.68. The van der Waals surface area contributed by atoms with Crippen LogP contribution in [0.15, 0.2) is 37.2 Å². The lowest BCUT2D eigenvalue weighted by molar-refractivity contribution is 0.0563. The number of hydrogen-bond acceptors (Lipinski definition) is 7. The number of thioether (sulfide) groups is 1. The standard InChI is InChI=1S/C17H17N3O5S/c1-9-7-18-14-12(15(21)20(3)17(23)19(14)2)13(9)26-8-10-5-6-11(25-10)16(22)24-4/h5-7H,8H2,1-4H3. The van der Waals surface area contributed by atoms with Crippen molar-refractivity contribution in [3.63, 3.8) is 0 Å². The van der Waals surface area contributed by atoms with Crippen molar-refractivity contribution < 1.29 is 13.9 Å². The van der Waals surface area contributed by atoms with Crippen molar-refractivity contribution in [1.82, 2.24) is 14.1 Å². The van der Waals surface area contributed by atoms with E-state index in [1.54, 1.807) is 25.4 Å². The quantitative estimate of drug-likeness (QED) is 0.505. The average Bonchev–Trinajstić information content (AvgIpc) is 3.11. The smallest absolute Gasteiger partial charge is 0.373 e. The van der Waals surface area contributed by atoms with Crippen LogP contribution >= 0.6 is 11.8 Å². The Balaban J connectivity index is 2.04. The van der Waals surface area contributed by atoms with Gasteiger partial charge in [-0.05, 0) is 24.6 Å². The van der Waals surface area contributed by atoms with Gasteiger partial charge in [0.15, 0.2) is 0 Å². The van der Waals surface area contributed by atoms with E-state index in [1.807, 2.05) is 6.92 Å². The lowest BCUT2D eigenvalue weighted by atomic mass is 10.2. The second kappa shape index (κ2) is 6.83. The Morgan fingerprint density at radius 1 is 1.27 bits per heavy atom. The molecular formula is C17H17N3O5S. The predicted molar refractivity (Wildman–Crippen MR) is 96.6 cm³/mol. The van der Waals surface area contributed by atoms with Crippen molar-refractivity contribution in [3.8, 4) is 0 Å². The van der Waals surface area contributed by atoms with Gasteiger partial charge in [-0.3, -0.25) is 13.9 Å². The number of nitrogens with zero attached hydrogens (tertiary/aromatic N) is 3. The zero-order chi connectivity index (χ0) is 19.0. The molecule has 0 amide bonds. The third kappa shape index (κ3) is 2.94. The van der Waals surface area contributed by atoms with Gasteiger partial charge in [0.1, 0.15) is 11.4 Å². The molecule has 3 heterocycles. The molecule has 0 radical (unpaired) electrons. The molecule has 0 fully saturated rings. The van der Waals surface area contributed by atoms with Gasteiger partial charge in [0.05, 0.1) is 18.2 Å². The van der Waals surface area contributed by atoms with Gasteiger partial charge in [-0.1, -0.05) is 0 Å². The average molecular weight is 375 g/mol. The molecule has 0 spiro atoms. The Kier molecular flexibility index (Phi) is 4.73. The van der Waals surface area contributed by atoms with Crippen molar-refractivity contribution in [2.45, 2.75) is 17.6 Å². The number of ether oxygens (including phenoxy) is 1. The lowest BCUT2D eigenvalue weighted by Gasteiger charge is -2.12. The fraction of sp³-hybridized carbons (Fsp3) is 0.294. The van der Waals surface area contributed by atoms with E-state index in [2.05, 4.69) is 9.72 Å². The van der Waals surface area contributed by atoms with Crippen LogP contribution in [0.1, 0.15) is 21.9 Å². The minimum absolute atomic E-state index is 0.123. The van der Waals surface area contributed by atoms with Crippen molar-refractivity contribution in [2.75, 3.05) is 7.11 Å². The van der Waals surface area contributed by atoms with E-state index in [-0.39, 0.29) is 5.76 Å². The van der Waals surface area contributed by atoms with Crippen molar-refractivity contribution in [3.05, 3.63) is 56.3 Å². The topological polar surface area (TPSA) is 96.3 Å². The van der Waals surface area contributed by atoms with E-state index in [4.69, 9.17) is 4.42 Å². The molecular weight excluding hydrogens is 358 g/mol. The second-order valence-corrected chi connectivity index (χ2v) is 6.71. The summed E-state index contributed by atoms with van der Waals surface area (Å²) in [4.78, 5) is 41.2. The van der Waals surface area contributed by atoms with Gasteiger partial charge < -0.3 is 9.15 Å². The highest BCUT2D eigenvalue weighted by Crippen LogP contribution is 2.30. The van der Waals surface area contributed by atoms with Crippen LogP contribution in [0.2, 0.25) is 0 Å². The molecule has 3 rings (SSSR count). The maximum absolute atomic E-state index is 12.6. The third-order valence-corrected chi connectivity index (χ3v) is 5.25. The van der Waals surface area contributed by atoms with Gasteiger partial charge in [-0.2, -0.15) is 0 Å². The highest BCUT2D eigenvalue weighted by molar-refractivity contribution is 7.98. The number of rotatable bonds is 4. The van der Waals surface area contributed by atoms with Gasteiger partial charge in [0.2, 0.25) is 5.76 Å². The van der Waals surface area contributed by atoms with Gasteiger partial charge >= 0.3 is 11.7 Å². The number of furan rings is 1. The van der Waals surface area contributed by atoms with Crippen molar-refractivity contribution in [2.24, 2.45) is 14.1 Å². The van der Waals surface area contributed by atoms with Crippen molar-refractivity contribution in [1.29, 1.82) is 0 Å². The number of aryl methyl sites for hydroxylation is 2. The van der Waals surface area contributed by atoms with Crippen LogP contribution in [0, 0.1) is 6.92 Å². The molecule has 0 aliphatic heterocycles. The van der Waals surface area contributed by atoms with Gasteiger partial charge in [-0.25, -0.2) is 14.6 Å². The van der Waals surface area contributed by atoms with E-state index >= 15 is 0 Å². The highest BCUT2D eigenvalue weighted by atomic mass is 32.2. The number of pyridine rings is 1. The first kappa shape index (κ1) is 18.0. The zero-order valence-electron chi connectivity index (χ0n) is 14.7. The summed E-state index contributed by atoms with van der Waals surface area (Å²) in [6, 6.07) is 3.23. The summed E-state index contributed by atoms with van der Waals surface area (Å²) in [5, 5.41) is 0.388. The monoisotopic (exact) mass is 375 g/mol. The molecule has 0 aliphatic carbocycles. The summed E-state index contributed by atoms with van der Waals surface area (Å²) >= 11 is 1.39. The first-order valence-electron chi connectivity index (χ1n) is 7.70. The van der Waals surface area contributed by atoms with Crippen molar-refractivity contribution >= 4 is 28.8 Å². The van der Waals surface area contributed by atoms with Gasteiger partial charge in [0.25, 0.3) is 5.56 Å². The number of fused-ring (bicyclic) bond motifs is 1. The molecule has 3 aromatic rings. The van der Waals surface area contributed by atoms with Crippen LogP contribution in [0.3, 0.4) is 0 Å². The molecule has 0 unspecified atom stereocenters. The molecule has 26 heavy (non-hydrogen) atoms. The number of aromatic nitrogens is 3. The van der Waals surface area contributed by atoms with E-state index < -0.39 is 17.2 Å². The number of carbonyl (C=O) groups is 1. The summed E-state index contributed by atoms with van der Waals surface area (Å²) in [5.74, 6) is 0.554. The van der Waals surface area contributed by atoms with Crippen LogP contribution < -0.4 is 11.2 Å². The predicted octanol–water partition coefficient (Wildman–Crippen LogP) is 1.61. The second-order valence-electron chi connectivity index (χ2n) is 5.72. The van der Waals surface area contributed by atoms with E-state index in [0.717, 1.165) is 15.0 Å². The number of hydrogen-bond donors (Lipinski definition) is 0. The molecule has 0 atom stereocenters. The first-order chi connectivity index (χ1) is 12.3. The summed E-state index contributed by atoms with van der Waals surface area (Å²) in [6.45, 7) is 1.85.